The van der Waals surface area contributed by atoms with Crippen molar-refractivity contribution in [1.82, 2.24) is 10.2 Å². The molecule has 7 nitrogen and oxygen atoms in total. The molecule has 0 saturated carbocycles. The van der Waals surface area contributed by atoms with E-state index in [1.54, 1.807) is 24.3 Å². The highest BCUT2D eigenvalue weighted by Gasteiger charge is 2.18. The van der Waals surface area contributed by atoms with Gasteiger partial charge in [0.15, 0.2) is 0 Å². The van der Waals surface area contributed by atoms with Gasteiger partial charge in [-0.1, -0.05) is 11.6 Å². The number of halogens is 2. The number of rotatable bonds is 6. The monoisotopic (exact) mass is 434 g/mol. The van der Waals surface area contributed by atoms with E-state index in [2.05, 4.69) is 20.4 Å². The van der Waals surface area contributed by atoms with E-state index in [1.165, 1.54) is 25.3 Å². The van der Waals surface area contributed by atoms with E-state index in [-0.39, 0.29) is 5.82 Å². The molecule has 0 bridgehead atoms. The van der Waals surface area contributed by atoms with Gasteiger partial charge in [0.1, 0.15) is 11.6 Å². The summed E-state index contributed by atoms with van der Waals surface area (Å²) in [5, 5.41) is 5.49. The molecule has 1 aliphatic heterocycles. The maximum absolute atomic E-state index is 13.0. The van der Waals surface area contributed by atoms with Crippen LogP contribution in [-0.4, -0.2) is 63.1 Å². The summed E-state index contributed by atoms with van der Waals surface area (Å²) in [4.78, 5) is 28.5. The summed E-state index contributed by atoms with van der Waals surface area (Å²) < 4.78 is 18.1. The molecule has 30 heavy (non-hydrogen) atoms. The Morgan fingerprint density at radius 1 is 1.07 bits per heavy atom. The van der Waals surface area contributed by atoms with Crippen LogP contribution in [-0.2, 0) is 9.59 Å². The van der Waals surface area contributed by atoms with Gasteiger partial charge in [-0.25, -0.2) is 4.39 Å². The highest BCUT2D eigenvalue weighted by atomic mass is 35.5. The molecule has 1 fully saturated rings. The van der Waals surface area contributed by atoms with Crippen LogP contribution in [0, 0.1) is 5.82 Å². The van der Waals surface area contributed by atoms with Crippen molar-refractivity contribution in [2.24, 2.45) is 0 Å². The van der Waals surface area contributed by atoms with Crippen LogP contribution in [0.15, 0.2) is 42.5 Å². The van der Waals surface area contributed by atoms with Crippen LogP contribution in [0.1, 0.15) is 0 Å². The van der Waals surface area contributed by atoms with Crippen LogP contribution in [0.25, 0.3) is 0 Å². The summed E-state index contributed by atoms with van der Waals surface area (Å²) in [6, 6.07) is 11.2. The lowest BCUT2D eigenvalue weighted by molar-refractivity contribution is -0.136. The molecule has 0 atom stereocenters. The van der Waals surface area contributed by atoms with E-state index in [1.807, 2.05) is 0 Å². The Balaban J connectivity index is 1.38. The number of nitrogens with zero attached hydrogens (tertiary/aromatic N) is 2. The van der Waals surface area contributed by atoms with Gasteiger partial charge < -0.3 is 20.3 Å². The van der Waals surface area contributed by atoms with Crippen molar-refractivity contribution in [3.63, 3.8) is 0 Å². The molecule has 0 aliphatic carbocycles. The fraction of sp³-hybridized carbons (Fsp3) is 0.333. The van der Waals surface area contributed by atoms with Crippen molar-refractivity contribution < 1.29 is 18.7 Å². The van der Waals surface area contributed by atoms with E-state index in [4.69, 9.17) is 16.3 Å². The zero-order valence-electron chi connectivity index (χ0n) is 16.7. The molecule has 0 aromatic heterocycles. The van der Waals surface area contributed by atoms with Crippen LogP contribution >= 0.6 is 11.6 Å². The Hall–Kier alpha value is -2.84. The number of anilines is 2. The molecule has 2 aromatic rings. The Morgan fingerprint density at radius 3 is 2.40 bits per heavy atom. The summed E-state index contributed by atoms with van der Waals surface area (Å²) in [5.74, 6) is -1.21. The van der Waals surface area contributed by atoms with E-state index in [0.29, 0.717) is 29.5 Å². The SMILES string of the molecule is COc1ccc(NC(=O)C(=O)NCCN2CCN(c3ccc(F)cc3)CC2)cc1Cl. The number of ether oxygens (including phenoxy) is 1. The Labute approximate surface area is 179 Å². The van der Waals surface area contributed by atoms with Gasteiger partial charge in [-0.3, -0.25) is 14.5 Å². The first-order valence-electron chi connectivity index (χ1n) is 9.62. The van der Waals surface area contributed by atoms with Crippen LogP contribution in [0.4, 0.5) is 15.8 Å². The lowest BCUT2D eigenvalue weighted by Crippen LogP contribution is -2.49. The predicted octanol–water partition coefficient (Wildman–Crippen LogP) is 2.36. The first kappa shape index (κ1) is 21.9. The second-order valence-electron chi connectivity index (χ2n) is 6.86. The van der Waals surface area contributed by atoms with Gasteiger partial charge in [0.2, 0.25) is 0 Å². The number of hydrogen-bond donors (Lipinski definition) is 2. The second kappa shape index (κ2) is 10.3. The molecule has 1 heterocycles. The summed E-state index contributed by atoms with van der Waals surface area (Å²) >= 11 is 6.02. The van der Waals surface area contributed by atoms with Gasteiger partial charge in [0, 0.05) is 50.6 Å². The first-order valence-corrected chi connectivity index (χ1v) is 9.99. The zero-order chi connectivity index (χ0) is 21.5. The minimum absolute atomic E-state index is 0.243. The number of piperazine rings is 1. The first-order chi connectivity index (χ1) is 14.5. The Kier molecular flexibility index (Phi) is 7.48. The van der Waals surface area contributed by atoms with Crippen molar-refractivity contribution >= 4 is 34.8 Å². The Bertz CT molecular complexity index is 886. The van der Waals surface area contributed by atoms with Crippen LogP contribution < -0.4 is 20.3 Å². The molecule has 0 unspecified atom stereocenters. The lowest BCUT2D eigenvalue weighted by Gasteiger charge is -2.36. The van der Waals surface area contributed by atoms with Gasteiger partial charge >= 0.3 is 11.8 Å². The van der Waals surface area contributed by atoms with Gasteiger partial charge in [-0.05, 0) is 42.5 Å². The van der Waals surface area contributed by atoms with Crippen molar-refractivity contribution in [2.45, 2.75) is 0 Å². The van der Waals surface area contributed by atoms with Gasteiger partial charge in [0.25, 0.3) is 0 Å². The summed E-state index contributed by atoms with van der Waals surface area (Å²) in [7, 11) is 1.50. The third-order valence-electron chi connectivity index (χ3n) is 4.89. The summed E-state index contributed by atoms with van der Waals surface area (Å²) in [5.41, 5.74) is 1.41. The maximum atomic E-state index is 13.0. The minimum atomic E-state index is -0.752. The number of hydrogen-bond acceptors (Lipinski definition) is 5. The molecule has 2 aromatic carbocycles. The summed E-state index contributed by atoms with van der Waals surface area (Å²) in [6.07, 6.45) is 0. The Morgan fingerprint density at radius 2 is 1.77 bits per heavy atom. The van der Waals surface area contributed by atoms with Crippen LogP contribution in [0.5, 0.6) is 5.75 Å². The number of benzene rings is 2. The van der Waals surface area contributed by atoms with Gasteiger partial charge in [0.05, 0.1) is 12.1 Å². The zero-order valence-corrected chi connectivity index (χ0v) is 17.4. The van der Waals surface area contributed by atoms with E-state index in [0.717, 1.165) is 31.9 Å². The predicted molar refractivity (Wildman–Crippen MR) is 115 cm³/mol. The number of nitrogens with one attached hydrogen (secondary N) is 2. The third kappa shape index (κ3) is 5.84. The quantitative estimate of drug-likeness (QED) is 0.683. The van der Waals surface area contributed by atoms with Crippen molar-refractivity contribution in [3.8, 4) is 5.75 Å². The molecule has 1 aliphatic rings. The molecule has 2 N–H and O–H groups in total. The smallest absolute Gasteiger partial charge is 0.313 e. The van der Waals surface area contributed by atoms with Crippen molar-refractivity contribution in [1.29, 1.82) is 0 Å². The highest BCUT2D eigenvalue weighted by molar-refractivity contribution is 6.40. The fourth-order valence-electron chi connectivity index (χ4n) is 3.22. The van der Waals surface area contributed by atoms with Gasteiger partial charge in [-0.2, -0.15) is 0 Å². The van der Waals surface area contributed by atoms with Crippen LogP contribution in [0.3, 0.4) is 0 Å². The topological polar surface area (TPSA) is 73.9 Å². The molecule has 1 saturated heterocycles. The second-order valence-corrected chi connectivity index (χ2v) is 7.27. The number of methoxy groups -OCH3 is 1. The molecular weight excluding hydrogens is 411 g/mol. The average Bonchev–Trinajstić information content (AvgIpc) is 2.75. The standard InChI is InChI=1S/C21H24ClFN4O3/c1-30-19-7-4-16(14-18(19)22)25-21(29)20(28)24-8-9-26-10-12-27(13-11-26)17-5-2-15(23)3-6-17/h2-7,14H,8-13H2,1H3,(H,24,28)(H,25,29). The molecule has 160 valence electrons. The van der Waals surface area contributed by atoms with Crippen LogP contribution in [0.2, 0.25) is 5.02 Å². The molecule has 9 heteroatoms. The number of carbonyl (C=O) groups is 2. The minimum Gasteiger partial charge on any atom is -0.495 e. The van der Waals surface area contributed by atoms with E-state index < -0.39 is 11.8 Å². The third-order valence-corrected chi connectivity index (χ3v) is 5.19. The lowest BCUT2D eigenvalue weighted by atomic mass is 10.2. The molecule has 3 rings (SSSR count). The largest absolute Gasteiger partial charge is 0.495 e. The molecule has 0 spiro atoms. The van der Waals surface area contributed by atoms with Gasteiger partial charge in [-0.15, -0.1) is 0 Å². The van der Waals surface area contributed by atoms with Crippen molar-refractivity contribution in [3.05, 3.63) is 53.3 Å². The number of amides is 2. The molecule has 0 radical (unpaired) electrons. The maximum Gasteiger partial charge on any atom is 0.313 e. The fourth-order valence-corrected chi connectivity index (χ4v) is 3.48. The summed E-state index contributed by atoms with van der Waals surface area (Å²) in [6.45, 7) is 4.29. The highest BCUT2D eigenvalue weighted by Crippen LogP contribution is 2.27. The molecular formula is C21H24ClFN4O3. The van der Waals surface area contributed by atoms with Crippen molar-refractivity contribution in [2.75, 3.05) is 56.6 Å². The number of carbonyl (C=O) groups excluding carboxylic acids is 2. The van der Waals surface area contributed by atoms with E-state index >= 15 is 0 Å². The normalized spacial score (nSPS) is 14.3. The average molecular weight is 435 g/mol. The molecule has 2 amide bonds. The van der Waals surface area contributed by atoms with E-state index in [9.17, 15) is 14.0 Å².